The molecule has 3 rings (SSSR count). The monoisotopic (exact) mass is 372 g/mol. The van der Waals surface area contributed by atoms with Gasteiger partial charge in [0.1, 0.15) is 11.4 Å². The smallest absolute Gasteiger partial charge is 0.416 e. The van der Waals surface area contributed by atoms with Gasteiger partial charge in [0.15, 0.2) is 11.6 Å². The summed E-state index contributed by atoms with van der Waals surface area (Å²) in [5.74, 6) is -1.30. The van der Waals surface area contributed by atoms with Crippen molar-refractivity contribution in [3.8, 4) is 11.5 Å². The van der Waals surface area contributed by atoms with Gasteiger partial charge in [0.05, 0.1) is 30.2 Å². The van der Waals surface area contributed by atoms with Gasteiger partial charge in [-0.3, -0.25) is 0 Å². The van der Waals surface area contributed by atoms with Crippen molar-refractivity contribution in [3.63, 3.8) is 0 Å². The van der Waals surface area contributed by atoms with Crippen LogP contribution in [0.4, 0.5) is 28.9 Å². The minimum atomic E-state index is -4.64. The lowest BCUT2D eigenvalue weighted by Crippen LogP contribution is -2.54. The molecule has 0 unspecified atom stereocenters. The predicted molar refractivity (Wildman–Crippen MR) is 86.6 cm³/mol. The van der Waals surface area contributed by atoms with Crippen LogP contribution in [0.15, 0.2) is 36.4 Å². The Hall–Kier alpha value is -2.52. The van der Waals surface area contributed by atoms with Gasteiger partial charge < -0.3 is 25.6 Å². The Labute approximate surface area is 146 Å². The van der Waals surface area contributed by atoms with Crippen LogP contribution in [0.25, 0.3) is 0 Å². The summed E-state index contributed by atoms with van der Waals surface area (Å²) < 4.78 is 61.9. The van der Waals surface area contributed by atoms with Crippen LogP contribution in [0, 0.1) is 5.82 Å². The molecule has 2 aromatic rings. The Morgan fingerprint density at radius 3 is 2.50 bits per heavy atom. The molecule has 0 bridgehead atoms. The van der Waals surface area contributed by atoms with Gasteiger partial charge in [0.25, 0.3) is 0 Å². The molecule has 2 aromatic carbocycles. The summed E-state index contributed by atoms with van der Waals surface area (Å²) in [6, 6.07) is 6.45. The highest BCUT2D eigenvalue weighted by Gasteiger charge is 2.36. The molecule has 0 saturated carbocycles. The van der Waals surface area contributed by atoms with E-state index in [0.29, 0.717) is 17.4 Å². The van der Waals surface area contributed by atoms with Gasteiger partial charge in [-0.1, -0.05) is 0 Å². The Balaban J connectivity index is 1.74. The fourth-order valence-electron chi connectivity index (χ4n) is 2.34. The highest BCUT2D eigenvalue weighted by Crippen LogP contribution is 2.34. The minimum absolute atomic E-state index is 0.178. The highest BCUT2D eigenvalue weighted by molar-refractivity contribution is 5.68. The molecule has 5 nitrogen and oxygen atoms in total. The van der Waals surface area contributed by atoms with Gasteiger partial charge in [-0.25, -0.2) is 4.39 Å². The number of hydrogen-bond acceptors (Lipinski definition) is 5. The maximum absolute atomic E-state index is 13.9. The van der Waals surface area contributed by atoms with Crippen molar-refractivity contribution in [2.75, 3.05) is 30.8 Å². The van der Waals surface area contributed by atoms with Crippen LogP contribution < -0.4 is 15.8 Å². The topological polar surface area (TPSA) is 76.7 Å². The Morgan fingerprint density at radius 1 is 1.19 bits per heavy atom. The van der Waals surface area contributed by atoms with Gasteiger partial charge in [0, 0.05) is 12.6 Å². The molecule has 1 heterocycles. The normalized spacial score (nSPS) is 16.0. The van der Waals surface area contributed by atoms with E-state index < -0.39 is 23.2 Å². The second-order valence-electron chi connectivity index (χ2n) is 6.06. The Kier molecular flexibility index (Phi) is 4.68. The third-order valence-corrected chi connectivity index (χ3v) is 3.86. The molecule has 4 N–H and O–H groups in total. The van der Waals surface area contributed by atoms with Crippen molar-refractivity contribution in [3.05, 3.63) is 47.8 Å². The summed E-state index contributed by atoms with van der Waals surface area (Å²) in [5, 5.41) is 12.9. The minimum Gasteiger partial charge on any atom is -0.454 e. The summed E-state index contributed by atoms with van der Waals surface area (Å²) in [4.78, 5) is 0. The largest absolute Gasteiger partial charge is 0.454 e. The first kappa shape index (κ1) is 18.3. The lowest BCUT2D eigenvalue weighted by Gasteiger charge is -2.36. The van der Waals surface area contributed by atoms with E-state index in [-0.39, 0.29) is 31.3 Å². The summed E-state index contributed by atoms with van der Waals surface area (Å²) in [6.07, 6.45) is -4.64. The summed E-state index contributed by atoms with van der Waals surface area (Å²) in [6.45, 7) is 0.592. The number of rotatable bonds is 5. The maximum atomic E-state index is 13.9. The number of benzene rings is 2. The van der Waals surface area contributed by atoms with Gasteiger partial charge in [-0.05, 0) is 30.3 Å². The lowest BCUT2D eigenvalue weighted by atomic mass is 10.0. The Bertz CT molecular complexity index is 807. The number of nitrogens with one attached hydrogen (secondary N) is 1. The third kappa shape index (κ3) is 4.00. The zero-order valence-electron chi connectivity index (χ0n) is 13.4. The van der Waals surface area contributed by atoms with Crippen LogP contribution in [0.1, 0.15) is 5.56 Å². The predicted octanol–water partition coefficient (Wildman–Crippen LogP) is 3.39. The van der Waals surface area contributed by atoms with E-state index in [9.17, 15) is 22.7 Å². The van der Waals surface area contributed by atoms with E-state index in [2.05, 4.69) is 5.32 Å². The molecule has 1 fully saturated rings. The summed E-state index contributed by atoms with van der Waals surface area (Å²) >= 11 is 0. The van der Waals surface area contributed by atoms with Crippen LogP contribution >= 0.6 is 0 Å². The number of alkyl halides is 3. The van der Waals surface area contributed by atoms with E-state index in [1.54, 1.807) is 0 Å². The van der Waals surface area contributed by atoms with Crippen LogP contribution in [0.5, 0.6) is 11.5 Å². The number of anilines is 2. The first-order valence-corrected chi connectivity index (χ1v) is 7.64. The van der Waals surface area contributed by atoms with Crippen molar-refractivity contribution < 1.29 is 32.1 Å². The number of nitrogens with two attached hydrogens (primary N) is 1. The number of halogens is 4. The maximum Gasteiger partial charge on any atom is 0.416 e. The van der Waals surface area contributed by atoms with Gasteiger partial charge in [-0.15, -0.1) is 0 Å². The number of hydrogen-bond donors (Lipinski definition) is 3. The van der Waals surface area contributed by atoms with Gasteiger partial charge in [0.2, 0.25) is 0 Å². The van der Waals surface area contributed by atoms with E-state index in [0.717, 1.165) is 12.1 Å². The highest BCUT2D eigenvalue weighted by atomic mass is 19.4. The van der Waals surface area contributed by atoms with Crippen LogP contribution in [0.3, 0.4) is 0 Å². The molecule has 1 aliphatic heterocycles. The lowest BCUT2D eigenvalue weighted by molar-refractivity contribution is -0.168. The molecule has 0 amide bonds. The van der Waals surface area contributed by atoms with Crippen molar-refractivity contribution in [2.24, 2.45) is 0 Å². The van der Waals surface area contributed by atoms with Crippen LogP contribution in [-0.2, 0) is 10.9 Å². The summed E-state index contributed by atoms with van der Waals surface area (Å²) in [5.41, 5.74) is 4.57. The van der Waals surface area contributed by atoms with E-state index in [4.69, 9.17) is 15.2 Å². The third-order valence-electron chi connectivity index (χ3n) is 3.86. The number of nitrogen functional groups attached to an aromatic ring is 1. The van der Waals surface area contributed by atoms with Gasteiger partial charge in [-0.2, -0.15) is 13.2 Å². The van der Waals surface area contributed by atoms with Crippen molar-refractivity contribution >= 4 is 11.4 Å². The molecule has 9 heteroatoms. The molecule has 26 heavy (non-hydrogen) atoms. The van der Waals surface area contributed by atoms with Crippen LogP contribution in [-0.4, -0.2) is 30.5 Å². The second kappa shape index (κ2) is 6.65. The zero-order chi connectivity index (χ0) is 18.9. The molecule has 0 aromatic heterocycles. The fourth-order valence-corrected chi connectivity index (χ4v) is 2.34. The van der Waals surface area contributed by atoms with Crippen molar-refractivity contribution in [2.45, 2.75) is 11.8 Å². The van der Waals surface area contributed by atoms with Crippen molar-refractivity contribution in [1.29, 1.82) is 0 Å². The fraction of sp³-hybridized carbons (Fsp3) is 0.294. The SMILES string of the molecule is Nc1ccc(Oc2ccc(C(F)(F)F)cc2F)cc1NCC1(O)COC1. The molecule has 0 spiro atoms. The zero-order valence-corrected chi connectivity index (χ0v) is 13.4. The quantitative estimate of drug-likeness (QED) is 0.554. The molecule has 0 aliphatic carbocycles. The Morgan fingerprint density at radius 2 is 1.92 bits per heavy atom. The van der Waals surface area contributed by atoms with E-state index in [1.165, 1.54) is 18.2 Å². The first-order valence-electron chi connectivity index (χ1n) is 7.64. The molecule has 0 radical (unpaired) electrons. The molecule has 0 atom stereocenters. The van der Waals surface area contributed by atoms with E-state index in [1.807, 2.05) is 0 Å². The molecule has 1 saturated heterocycles. The molecule has 140 valence electrons. The average molecular weight is 372 g/mol. The molecular weight excluding hydrogens is 356 g/mol. The second-order valence-corrected chi connectivity index (χ2v) is 6.06. The first-order chi connectivity index (χ1) is 12.2. The molecular formula is C17H16F4N2O3. The van der Waals surface area contributed by atoms with Gasteiger partial charge >= 0.3 is 6.18 Å². The number of ether oxygens (including phenoxy) is 2. The van der Waals surface area contributed by atoms with Crippen LogP contribution in [0.2, 0.25) is 0 Å². The van der Waals surface area contributed by atoms with E-state index >= 15 is 0 Å². The number of aliphatic hydroxyl groups is 1. The van der Waals surface area contributed by atoms with Crippen molar-refractivity contribution in [1.82, 2.24) is 0 Å². The standard InChI is InChI=1S/C17H16F4N2O3/c18-12-5-10(17(19,20)21)1-4-15(12)26-11-2-3-13(22)14(6-11)23-7-16(24)8-25-9-16/h1-6,23-24H,7-9,22H2. The molecule has 1 aliphatic rings. The summed E-state index contributed by atoms with van der Waals surface area (Å²) in [7, 11) is 0. The average Bonchev–Trinajstić information content (AvgIpc) is 2.54.